The first-order chi connectivity index (χ1) is 14.3. The Morgan fingerprint density at radius 1 is 1.10 bits per heavy atom. The van der Waals surface area contributed by atoms with Crippen molar-refractivity contribution in [3.05, 3.63) is 77.5 Å². The number of carboxylic acid groups (broad SMARTS) is 1. The lowest BCUT2D eigenvalue weighted by Gasteiger charge is -2.14. The highest BCUT2D eigenvalue weighted by molar-refractivity contribution is 6.01. The van der Waals surface area contributed by atoms with Gasteiger partial charge in [0.25, 0.3) is 0 Å². The van der Waals surface area contributed by atoms with Crippen LogP contribution >= 0.6 is 0 Å². The van der Waals surface area contributed by atoms with Crippen LogP contribution in [0.1, 0.15) is 21.6 Å². The maximum Gasteiger partial charge on any atom is 0.387 e. The van der Waals surface area contributed by atoms with Gasteiger partial charge < -0.3 is 20.1 Å². The number of halogens is 2. The minimum Gasteiger partial charge on any atom is -0.477 e. The maximum absolute atomic E-state index is 12.8. The van der Waals surface area contributed by atoms with Crippen molar-refractivity contribution in [1.82, 2.24) is 4.57 Å². The summed E-state index contributed by atoms with van der Waals surface area (Å²) in [5.74, 6) is -1.27. The molecule has 0 fully saturated rings. The SMILES string of the molecule is N=C(N)c1ccc2cc(C(=O)O)n(Cc3cc(OC(F)F)cc4ccccc34)c2c1. The Morgan fingerprint density at radius 3 is 2.57 bits per heavy atom. The summed E-state index contributed by atoms with van der Waals surface area (Å²) >= 11 is 0. The number of carboxylic acids is 1. The van der Waals surface area contributed by atoms with Crippen molar-refractivity contribution in [1.29, 1.82) is 5.41 Å². The number of aromatic nitrogens is 1. The zero-order valence-electron chi connectivity index (χ0n) is 15.6. The molecule has 0 saturated heterocycles. The Labute approximate surface area is 169 Å². The molecule has 6 nitrogen and oxygen atoms in total. The van der Waals surface area contributed by atoms with Crippen molar-refractivity contribution in [2.45, 2.75) is 13.2 Å². The highest BCUT2D eigenvalue weighted by Crippen LogP contribution is 2.30. The third kappa shape index (κ3) is 3.55. The van der Waals surface area contributed by atoms with E-state index >= 15 is 0 Å². The first kappa shape index (κ1) is 19.4. The van der Waals surface area contributed by atoms with Gasteiger partial charge in [-0.1, -0.05) is 36.4 Å². The highest BCUT2D eigenvalue weighted by Gasteiger charge is 2.18. The van der Waals surface area contributed by atoms with E-state index in [-0.39, 0.29) is 23.8 Å². The zero-order chi connectivity index (χ0) is 21.4. The molecule has 0 aliphatic heterocycles. The van der Waals surface area contributed by atoms with E-state index in [1.165, 1.54) is 18.2 Å². The number of nitrogens with zero attached hydrogens (tertiary/aromatic N) is 1. The van der Waals surface area contributed by atoms with Gasteiger partial charge in [-0.05, 0) is 40.6 Å². The number of hydrogen-bond acceptors (Lipinski definition) is 3. The number of ether oxygens (including phenoxy) is 1. The molecule has 0 aliphatic carbocycles. The van der Waals surface area contributed by atoms with Gasteiger partial charge in [0.1, 0.15) is 17.3 Å². The Balaban J connectivity index is 1.92. The number of aromatic carboxylic acids is 1. The number of amidine groups is 1. The quantitative estimate of drug-likeness (QED) is 0.324. The number of benzene rings is 3. The van der Waals surface area contributed by atoms with Gasteiger partial charge in [0.2, 0.25) is 0 Å². The number of alkyl halides is 2. The van der Waals surface area contributed by atoms with Crippen molar-refractivity contribution in [2.24, 2.45) is 5.73 Å². The van der Waals surface area contributed by atoms with E-state index in [4.69, 9.17) is 11.1 Å². The number of rotatable bonds is 6. The number of fused-ring (bicyclic) bond motifs is 2. The number of nitrogens with two attached hydrogens (primary N) is 1. The van der Waals surface area contributed by atoms with E-state index in [9.17, 15) is 18.7 Å². The standard InChI is InChI=1S/C22H17F2N3O3/c23-22(24)30-16-7-12-3-1-2-4-17(12)15(8-16)11-27-18-10-14(20(25)26)6-5-13(18)9-19(27)21(28)29/h1-10,22H,11H2,(H3,25,26)(H,28,29). The van der Waals surface area contributed by atoms with Crippen LogP contribution in [0.15, 0.2) is 60.7 Å². The molecule has 4 rings (SSSR count). The van der Waals surface area contributed by atoms with Gasteiger partial charge in [0, 0.05) is 23.0 Å². The first-order valence-corrected chi connectivity index (χ1v) is 9.01. The first-order valence-electron chi connectivity index (χ1n) is 9.01. The van der Waals surface area contributed by atoms with Crippen molar-refractivity contribution in [3.8, 4) is 5.75 Å². The van der Waals surface area contributed by atoms with Crippen LogP contribution in [0, 0.1) is 5.41 Å². The maximum atomic E-state index is 12.8. The van der Waals surface area contributed by atoms with Gasteiger partial charge in [0.05, 0.1) is 0 Å². The normalized spacial score (nSPS) is 11.3. The second-order valence-electron chi connectivity index (χ2n) is 6.79. The van der Waals surface area contributed by atoms with Crippen LogP contribution < -0.4 is 10.5 Å². The largest absolute Gasteiger partial charge is 0.477 e. The number of nitrogens with one attached hydrogen (secondary N) is 1. The van der Waals surface area contributed by atoms with Gasteiger partial charge in [-0.3, -0.25) is 5.41 Å². The van der Waals surface area contributed by atoms with E-state index in [2.05, 4.69) is 4.74 Å². The fourth-order valence-electron chi connectivity index (χ4n) is 3.60. The van der Waals surface area contributed by atoms with Gasteiger partial charge in [-0.15, -0.1) is 0 Å². The van der Waals surface area contributed by atoms with Crippen LogP contribution in [0.5, 0.6) is 5.75 Å². The average Bonchev–Trinajstić information content (AvgIpc) is 3.05. The molecule has 3 aromatic carbocycles. The molecular weight excluding hydrogens is 392 g/mol. The fraction of sp³-hybridized carbons (Fsp3) is 0.0909. The molecule has 0 radical (unpaired) electrons. The fourth-order valence-corrected chi connectivity index (χ4v) is 3.60. The van der Waals surface area contributed by atoms with Gasteiger partial charge in [-0.25, -0.2) is 4.79 Å². The van der Waals surface area contributed by atoms with Gasteiger partial charge >= 0.3 is 12.6 Å². The monoisotopic (exact) mass is 409 g/mol. The summed E-state index contributed by atoms with van der Waals surface area (Å²) in [5.41, 5.74) is 7.27. The summed E-state index contributed by atoms with van der Waals surface area (Å²) in [4.78, 5) is 11.9. The molecule has 0 saturated carbocycles. The molecule has 1 heterocycles. The molecule has 152 valence electrons. The predicted molar refractivity (Wildman–Crippen MR) is 110 cm³/mol. The summed E-state index contributed by atoms with van der Waals surface area (Å²) < 4.78 is 31.7. The summed E-state index contributed by atoms with van der Waals surface area (Å²) in [7, 11) is 0. The molecule has 0 amide bonds. The molecular formula is C22H17F2N3O3. The van der Waals surface area contributed by atoms with Gasteiger partial charge in [-0.2, -0.15) is 8.78 Å². The highest BCUT2D eigenvalue weighted by atomic mass is 19.3. The number of hydrogen-bond donors (Lipinski definition) is 3. The summed E-state index contributed by atoms with van der Waals surface area (Å²) in [6.45, 7) is -2.87. The third-order valence-electron chi connectivity index (χ3n) is 4.91. The van der Waals surface area contributed by atoms with Crippen LogP contribution in [-0.2, 0) is 6.54 Å². The summed E-state index contributed by atoms with van der Waals surface area (Å²) in [6, 6.07) is 16.7. The molecule has 1 aromatic heterocycles. The summed E-state index contributed by atoms with van der Waals surface area (Å²) in [6.07, 6.45) is 0. The van der Waals surface area contributed by atoms with E-state index in [1.54, 1.807) is 34.9 Å². The van der Waals surface area contributed by atoms with Crippen LogP contribution in [0.25, 0.3) is 21.7 Å². The molecule has 30 heavy (non-hydrogen) atoms. The second-order valence-corrected chi connectivity index (χ2v) is 6.79. The van der Waals surface area contributed by atoms with E-state index in [1.807, 2.05) is 12.1 Å². The van der Waals surface area contributed by atoms with Crippen LogP contribution in [0.4, 0.5) is 8.78 Å². The van der Waals surface area contributed by atoms with Crippen LogP contribution in [0.2, 0.25) is 0 Å². The topological polar surface area (TPSA) is 101 Å². The lowest BCUT2D eigenvalue weighted by molar-refractivity contribution is -0.0497. The molecule has 0 spiro atoms. The zero-order valence-corrected chi connectivity index (χ0v) is 15.6. The minimum absolute atomic E-state index is 0.00328. The molecule has 0 unspecified atom stereocenters. The Kier molecular flexibility index (Phi) is 4.83. The van der Waals surface area contributed by atoms with Gasteiger partial charge in [0.15, 0.2) is 0 Å². The van der Waals surface area contributed by atoms with E-state index < -0.39 is 12.6 Å². The lowest BCUT2D eigenvalue weighted by Crippen LogP contribution is -2.12. The molecule has 0 atom stereocenters. The average molecular weight is 409 g/mol. The van der Waals surface area contributed by atoms with E-state index in [0.29, 0.717) is 27.4 Å². The molecule has 0 aliphatic rings. The Hall–Kier alpha value is -3.94. The number of carbonyl (C=O) groups is 1. The van der Waals surface area contributed by atoms with Crippen molar-refractivity contribution in [2.75, 3.05) is 0 Å². The molecule has 4 N–H and O–H groups in total. The minimum atomic E-state index is -2.97. The Bertz CT molecular complexity index is 1300. The van der Waals surface area contributed by atoms with Crippen molar-refractivity contribution < 1.29 is 23.4 Å². The third-order valence-corrected chi connectivity index (χ3v) is 4.91. The van der Waals surface area contributed by atoms with Crippen LogP contribution in [-0.4, -0.2) is 28.1 Å². The molecule has 4 aromatic rings. The molecule has 0 bridgehead atoms. The summed E-state index contributed by atoms with van der Waals surface area (Å²) in [5, 5.41) is 19.5. The van der Waals surface area contributed by atoms with Crippen molar-refractivity contribution in [3.63, 3.8) is 0 Å². The molecule has 8 heteroatoms. The van der Waals surface area contributed by atoms with E-state index in [0.717, 1.165) is 5.39 Å². The van der Waals surface area contributed by atoms with Crippen molar-refractivity contribution >= 4 is 33.5 Å². The van der Waals surface area contributed by atoms with Crippen LogP contribution in [0.3, 0.4) is 0 Å². The lowest BCUT2D eigenvalue weighted by atomic mass is 10.0. The predicted octanol–water partition coefficient (Wildman–Crippen LogP) is 4.43. The number of nitrogen functional groups attached to an aromatic ring is 1. The smallest absolute Gasteiger partial charge is 0.387 e. The Morgan fingerprint density at radius 2 is 1.87 bits per heavy atom. The second kappa shape index (κ2) is 7.47.